The Hall–Kier alpha value is -1.53. The normalized spacial score (nSPS) is 22.3. The maximum absolute atomic E-state index is 13.0. The topological polar surface area (TPSA) is 32.3 Å². The molecule has 0 bridgehead atoms. The third-order valence-electron chi connectivity index (χ3n) is 5.30. The van der Waals surface area contributed by atoms with E-state index in [1.54, 1.807) is 11.3 Å². The summed E-state index contributed by atoms with van der Waals surface area (Å²) < 4.78 is 13.0. The standard InChI is InChI=1S/C19H25FN4S/c20-16-8-6-15(7-9-16)13-18-21-22-19(25-18)24-12-2-1-5-17(14-24)23-10-3-4-11-23/h6-9,17H,1-5,10-14H2. The molecule has 1 unspecified atom stereocenters. The van der Waals surface area contributed by atoms with Gasteiger partial charge in [0.05, 0.1) is 0 Å². The maximum Gasteiger partial charge on any atom is 0.208 e. The summed E-state index contributed by atoms with van der Waals surface area (Å²) in [5.74, 6) is -0.195. The lowest BCUT2D eigenvalue weighted by Crippen LogP contribution is -2.41. The fourth-order valence-electron chi connectivity index (χ4n) is 3.92. The van der Waals surface area contributed by atoms with Crippen LogP contribution in [0.1, 0.15) is 42.7 Å². The highest BCUT2D eigenvalue weighted by Gasteiger charge is 2.27. The number of anilines is 1. The van der Waals surface area contributed by atoms with Gasteiger partial charge in [0.2, 0.25) is 5.13 Å². The van der Waals surface area contributed by atoms with Crippen molar-refractivity contribution in [3.8, 4) is 0 Å². The monoisotopic (exact) mass is 360 g/mol. The maximum atomic E-state index is 13.0. The Morgan fingerprint density at radius 2 is 1.76 bits per heavy atom. The predicted octanol–water partition coefficient (Wildman–Crippen LogP) is 3.72. The molecule has 2 aromatic rings. The number of aromatic nitrogens is 2. The van der Waals surface area contributed by atoms with E-state index in [0.29, 0.717) is 6.04 Å². The molecule has 0 N–H and O–H groups in total. The molecule has 2 saturated heterocycles. The first-order chi connectivity index (χ1) is 12.3. The SMILES string of the molecule is Fc1ccc(Cc2nnc(N3CCCCC(N4CCCC4)C3)s2)cc1. The molecule has 0 spiro atoms. The van der Waals surface area contributed by atoms with Gasteiger partial charge in [-0.15, -0.1) is 10.2 Å². The van der Waals surface area contributed by atoms with E-state index in [1.165, 1.54) is 57.3 Å². The van der Waals surface area contributed by atoms with Gasteiger partial charge in [0.15, 0.2) is 0 Å². The van der Waals surface area contributed by atoms with E-state index >= 15 is 0 Å². The van der Waals surface area contributed by atoms with Crippen molar-refractivity contribution in [1.29, 1.82) is 0 Å². The molecule has 0 amide bonds. The number of benzene rings is 1. The molecule has 4 rings (SSSR count). The lowest BCUT2D eigenvalue weighted by molar-refractivity contribution is 0.236. The molecule has 2 aliphatic heterocycles. The zero-order valence-corrected chi connectivity index (χ0v) is 15.3. The van der Waals surface area contributed by atoms with Crippen molar-refractivity contribution in [2.45, 2.75) is 44.6 Å². The van der Waals surface area contributed by atoms with E-state index in [1.807, 2.05) is 12.1 Å². The molecule has 1 aromatic heterocycles. The first-order valence-electron chi connectivity index (χ1n) is 9.34. The molecule has 1 aromatic carbocycles. The summed E-state index contributed by atoms with van der Waals surface area (Å²) in [6, 6.07) is 7.33. The summed E-state index contributed by atoms with van der Waals surface area (Å²) in [7, 11) is 0. The summed E-state index contributed by atoms with van der Waals surface area (Å²) in [6.45, 7) is 4.66. The third kappa shape index (κ3) is 4.18. The van der Waals surface area contributed by atoms with Crippen molar-refractivity contribution < 1.29 is 4.39 Å². The number of hydrogen-bond donors (Lipinski definition) is 0. The minimum atomic E-state index is -0.195. The second-order valence-electron chi connectivity index (χ2n) is 7.12. The highest BCUT2D eigenvalue weighted by molar-refractivity contribution is 7.15. The van der Waals surface area contributed by atoms with Gasteiger partial charge in [-0.05, 0) is 56.5 Å². The highest BCUT2D eigenvalue weighted by atomic mass is 32.1. The largest absolute Gasteiger partial charge is 0.345 e. The molecule has 4 nitrogen and oxygen atoms in total. The summed E-state index contributed by atoms with van der Waals surface area (Å²) in [5, 5.41) is 10.9. The van der Waals surface area contributed by atoms with E-state index in [-0.39, 0.29) is 5.82 Å². The van der Waals surface area contributed by atoms with E-state index < -0.39 is 0 Å². The van der Waals surface area contributed by atoms with Crippen LogP contribution in [-0.4, -0.2) is 47.3 Å². The molecule has 0 radical (unpaired) electrons. The first kappa shape index (κ1) is 16.9. The van der Waals surface area contributed by atoms with Crippen LogP contribution in [-0.2, 0) is 6.42 Å². The average molecular weight is 361 g/mol. The van der Waals surface area contributed by atoms with Gasteiger partial charge in [0.1, 0.15) is 10.8 Å². The molecule has 0 saturated carbocycles. The van der Waals surface area contributed by atoms with Crippen LogP contribution in [0.2, 0.25) is 0 Å². The van der Waals surface area contributed by atoms with Crippen LogP contribution in [0.25, 0.3) is 0 Å². The second-order valence-corrected chi connectivity index (χ2v) is 8.16. The zero-order valence-electron chi connectivity index (χ0n) is 14.5. The van der Waals surface area contributed by atoms with Crippen LogP contribution >= 0.6 is 11.3 Å². The predicted molar refractivity (Wildman–Crippen MR) is 99.8 cm³/mol. The van der Waals surface area contributed by atoms with Crippen molar-refractivity contribution in [3.63, 3.8) is 0 Å². The van der Waals surface area contributed by atoms with Crippen LogP contribution in [0.4, 0.5) is 9.52 Å². The zero-order chi connectivity index (χ0) is 17.1. The molecule has 0 aliphatic carbocycles. The Morgan fingerprint density at radius 3 is 2.56 bits per heavy atom. The molecule has 6 heteroatoms. The molecular formula is C19H25FN4S. The number of nitrogens with zero attached hydrogens (tertiary/aromatic N) is 4. The summed E-state index contributed by atoms with van der Waals surface area (Å²) >= 11 is 1.68. The molecular weight excluding hydrogens is 335 g/mol. The van der Waals surface area contributed by atoms with E-state index in [0.717, 1.165) is 35.2 Å². The van der Waals surface area contributed by atoms with Crippen LogP contribution in [0, 0.1) is 5.82 Å². The Balaban J connectivity index is 1.43. The lowest BCUT2D eigenvalue weighted by Gasteiger charge is -2.30. The average Bonchev–Trinajstić information content (AvgIpc) is 3.25. The smallest absolute Gasteiger partial charge is 0.208 e. The summed E-state index contributed by atoms with van der Waals surface area (Å²) in [6.07, 6.45) is 7.25. The summed E-state index contributed by atoms with van der Waals surface area (Å²) in [5.41, 5.74) is 1.08. The number of halogens is 1. The molecule has 3 heterocycles. The molecule has 1 atom stereocenters. The Labute approximate surface area is 152 Å². The second kappa shape index (κ2) is 7.79. The Morgan fingerprint density at radius 1 is 1.00 bits per heavy atom. The van der Waals surface area contributed by atoms with Gasteiger partial charge in [0, 0.05) is 25.6 Å². The number of hydrogen-bond acceptors (Lipinski definition) is 5. The first-order valence-corrected chi connectivity index (χ1v) is 10.2. The quantitative estimate of drug-likeness (QED) is 0.832. The van der Waals surface area contributed by atoms with Crippen molar-refractivity contribution in [3.05, 3.63) is 40.7 Å². The molecule has 2 aliphatic rings. The fourth-order valence-corrected chi connectivity index (χ4v) is 4.83. The van der Waals surface area contributed by atoms with Gasteiger partial charge in [-0.3, -0.25) is 4.90 Å². The summed E-state index contributed by atoms with van der Waals surface area (Å²) in [4.78, 5) is 5.10. The molecule has 134 valence electrons. The highest BCUT2D eigenvalue weighted by Crippen LogP contribution is 2.27. The third-order valence-corrected chi connectivity index (χ3v) is 6.28. The van der Waals surface area contributed by atoms with E-state index in [9.17, 15) is 4.39 Å². The van der Waals surface area contributed by atoms with Crippen LogP contribution in [0.5, 0.6) is 0 Å². The minimum absolute atomic E-state index is 0.195. The number of rotatable bonds is 4. The van der Waals surface area contributed by atoms with Gasteiger partial charge >= 0.3 is 0 Å². The van der Waals surface area contributed by atoms with E-state index in [4.69, 9.17) is 0 Å². The number of likely N-dealkylation sites (tertiary alicyclic amines) is 1. The van der Waals surface area contributed by atoms with Gasteiger partial charge in [-0.25, -0.2) is 4.39 Å². The van der Waals surface area contributed by atoms with Gasteiger partial charge in [0.25, 0.3) is 0 Å². The lowest BCUT2D eigenvalue weighted by atomic mass is 10.1. The van der Waals surface area contributed by atoms with Crippen molar-refractivity contribution >= 4 is 16.5 Å². The van der Waals surface area contributed by atoms with Crippen LogP contribution in [0.15, 0.2) is 24.3 Å². The van der Waals surface area contributed by atoms with Crippen molar-refractivity contribution in [2.24, 2.45) is 0 Å². The van der Waals surface area contributed by atoms with Crippen LogP contribution < -0.4 is 4.90 Å². The van der Waals surface area contributed by atoms with Gasteiger partial charge in [-0.2, -0.15) is 0 Å². The van der Waals surface area contributed by atoms with Crippen molar-refractivity contribution in [1.82, 2.24) is 15.1 Å². The van der Waals surface area contributed by atoms with Gasteiger partial charge < -0.3 is 4.90 Å². The minimum Gasteiger partial charge on any atom is -0.345 e. The van der Waals surface area contributed by atoms with Crippen LogP contribution in [0.3, 0.4) is 0 Å². The van der Waals surface area contributed by atoms with Gasteiger partial charge in [-0.1, -0.05) is 29.9 Å². The Kier molecular flexibility index (Phi) is 5.27. The fraction of sp³-hybridized carbons (Fsp3) is 0.579. The molecule has 2 fully saturated rings. The van der Waals surface area contributed by atoms with E-state index in [2.05, 4.69) is 20.0 Å². The van der Waals surface area contributed by atoms with Crippen molar-refractivity contribution in [2.75, 3.05) is 31.1 Å². The Bertz CT molecular complexity index is 681. The molecule has 25 heavy (non-hydrogen) atoms.